The molecule has 0 fully saturated rings. The summed E-state index contributed by atoms with van der Waals surface area (Å²) in [6.45, 7) is 7.39. The van der Waals surface area contributed by atoms with E-state index in [4.69, 9.17) is 4.42 Å². The minimum Gasteiger partial charge on any atom is -0.467 e. The van der Waals surface area contributed by atoms with Crippen molar-refractivity contribution in [3.63, 3.8) is 0 Å². The van der Waals surface area contributed by atoms with E-state index >= 15 is 0 Å². The Labute approximate surface area is 113 Å². The smallest absolute Gasteiger partial charge is 0.253 e. The molecule has 0 radical (unpaired) electrons. The molecule has 0 aromatic carbocycles. The molecule has 0 aliphatic carbocycles. The van der Waals surface area contributed by atoms with E-state index < -0.39 is 0 Å². The van der Waals surface area contributed by atoms with Gasteiger partial charge in [-0.3, -0.25) is 4.79 Å². The second kappa shape index (κ2) is 5.78. The highest BCUT2D eigenvalue weighted by Crippen LogP contribution is 2.17. The highest BCUT2D eigenvalue weighted by Gasteiger charge is 2.15. The number of hydrogen-bond donors (Lipinski definition) is 1. The van der Waals surface area contributed by atoms with E-state index in [1.807, 2.05) is 39.0 Å². The highest BCUT2D eigenvalue weighted by molar-refractivity contribution is 5.95. The van der Waals surface area contributed by atoms with E-state index in [-0.39, 0.29) is 5.91 Å². The zero-order chi connectivity index (χ0) is 13.8. The largest absolute Gasteiger partial charge is 0.467 e. The van der Waals surface area contributed by atoms with Gasteiger partial charge in [-0.2, -0.15) is 0 Å². The van der Waals surface area contributed by atoms with Crippen molar-refractivity contribution in [3.8, 4) is 0 Å². The van der Waals surface area contributed by atoms with Crippen molar-refractivity contribution >= 4 is 5.91 Å². The third-order valence-electron chi connectivity index (χ3n) is 3.25. The SMILES string of the molecule is CCCNC(=O)c1cc(C)n(Cc2ccco2)c1C. The number of aryl methyl sites for hydroxylation is 1. The number of furan rings is 1. The van der Waals surface area contributed by atoms with Crippen molar-refractivity contribution in [2.75, 3.05) is 6.54 Å². The lowest BCUT2D eigenvalue weighted by molar-refractivity contribution is 0.0953. The van der Waals surface area contributed by atoms with Gasteiger partial charge in [-0.15, -0.1) is 0 Å². The predicted molar refractivity (Wildman–Crippen MR) is 74.3 cm³/mol. The molecule has 0 unspecified atom stereocenters. The van der Waals surface area contributed by atoms with E-state index in [1.54, 1.807) is 6.26 Å². The number of hydrogen-bond acceptors (Lipinski definition) is 2. The summed E-state index contributed by atoms with van der Waals surface area (Å²) in [4.78, 5) is 12.0. The van der Waals surface area contributed by atoms with Gasteiger partial charge in [-0.1, -0.05) is 6.92 Å². The summed E-state index contributed by atoms with van der Waals surface area (Å²) in [7, 11) is 0. The molecule has 2 aromatic heterocycles. The number of aromatic nitrogens is 1. The van der Waals surface area contributed by atoms with Crippen LogP contribution in [0.15, 0.2) is 28.9 Å². The minimum atomic E-state index is 0.000597. The van der Waals surface area contributed by atoms with Gasteiger partial charge in [0.2, 0.25) is 0 Å². The zero-order valence-corrected chi connectivity index (χ0v) is 11.7. The Morgan fingerprint density at radius 3 is 2.84 bits per heavy atom. The van der Waals surface area contributed by atoms with Crippen LogP contribution in [0, 0.1) is 13.8 Å². The number of nitrogens with one attached hydrogen (secondary N) is 1. The van der Waals surface area contributed by atoms with Crippen LogP contribution in [0.3, 0.4) is 0 Å². The summed E-state index contributed by atoms with van der Waals surface area (Å²) in [6.07, 6.45) is 2.61. The van der Waals surface area contributed by atoms with Crippen LogP contribution in [-0.2, 0) is 6.54 Å². The van der Waals surface area contributed by atoms with Gasteiger partial charge in [0.25, 0.3) is 5.91 Å². The summed E-state index contributed by atoms with van der Waals surface area (Å²) in [5.74, 6) is 0.892. The maximum absolute atomic E-state index is 12.0. The molecule has 4 nitrogen and oxygen atoms in total. The van der Waals surface area contributed by atoms with E-state index in [0.717, 1.165) is 29.1 Å². The second-order valence-corrected chi connectivity index (χ2v) is 4.71. The van der Waals surface area contributed by atoms with Crippen LogP contribution >= 0.6 is 0 Å². The Hall–Kier alpha value is -1.97. The molecule has 0 aliphatic rings. The van der Waals surface area contributed by atoms with Gasteiger partial charge < -0.3 is 14.3 Å². The first-order valence-electron chi connectivity index (χ1n) is 6.60. The molecular formula is C15H20N2O2. The van der Waals surface area contributed by atoms with Gasteiger partial charge in [-0.05, 0) is 38.5 Å². The van der Waals surface area contributed by atoms with E-state index in [0.29, 0.717) is 13.1 Å². The third kappa shape index (κ3) is 2.89. The van der Waals surface area contributed by atoms with Gasteiger partial charge in [-0.25, -0.2) is 0 Å². The highest BCUT2D eigenvalue weighted by atomic mass is 16.3. The molecule has 2 heterocycles. The van der Waals surface area contributed by atoms with Crippen molar-refractivity contribution < 1.29 is 9.21 Å². The molecule has 0 spiro atoms. The van der Waals surface area contributed by atoms with Gasteiger partial charge >= 0.3 is 0 Å². The average Bonchev–Trinajstić information content (AvgIpc) is 2.99. The fourth-order valence-corrected chi connectivity index (χ4v) is 2.17. The molecule has 4 heteroatoms. The molecule has 0 bridgehead atoms. The number of carbonyl (C=O) groups is 1. The van der Waals surface area contributed by atoms with Crippen LogP contribution in [0.1, 0.15) is 40.9 Å². The van der Waals surface area contributed by atoms with Crippen molar-refractivity contribution in [2.24, 2.45) is 0 Å². The first-order chi connectivity index (χ1) is 9.13. The van der Waals surface area contributed by atoms with Gasteiger partial charge in [0, 0.05) is 17.9 Å². The first kappa shape index (κ1) is 13.5. The summed E-state index contributed by atoms with van der Waals surface area (Å²) in [6, 6.07) is 5.75. The molecule has 0 saturated heterocycles. The monoisotopic (exact) mass is 260 g/mol. The fraction of sp³-hybridized carbons (Fsp3) is 0.400. The molecule has 1 amide bonds. The molecule has 2 aromatic rings. The van der Waals surface area contributed by atoms with Crippen molar-refractivity contribution in [3.05, 3.63) is 47.2 Å². The van der Waals surface area contributed by atoms with Crippen LogP contribution in [0.5, 0.6) is 0 Å². The molecule has 0 atom stereocenters. The molecular weight excluding hydrogens is 240 g/mol. The first-order valence-corrected chi connectivity index (χ1v) is 6.60. The van der Waals surface area contributed by atoms with E-state index in [1.165, 1.54) is 0 Å². The lowest BCUT2D eigenvalue weighted by atomic mass is 10.2. The van der Waals surface area contributed by atoms with Crippen molar-refractivity contribution in [2.45, 2.75) is 33.7 Å². The molecule has 2 rings (SSSR count). The maximum Gasteiger partial charge on any atom is 0.253 e. The lowest BCUT2D eigenvalue weighted by Gasteiger charge is -2.08. The second-order valence-electron chi connectivity index (χ2n) is 4.71. The van der Waals surface area contributed by atoms with Crippen LogP contribution in [0.25, 0.3) is 0 Å². The average molecular weight is 260 g/mol. The Bertz CT molecular complexity index is 553. The number of nitrogens with zero attached hydrogens (tertiary/aromatic N) is 1. The Balaban J connectivity index is 2.21. The summed E-state index contributed by atoms with van der Waals surface area (Å²) >= 11 is 0. The Morgan fingerprint density at radius 2 is 2.21 bits per heavy atom. The van der Waals surface area contributed by atoms with Crippen LogP contribution < -0.4 is 5.32 Å². The van der Waals surface area contributed by atoms with E-state index in [2.05, 4.69) is 9.88 Å². The fourth-order valence-electron chi connectivity index (χ4n) is 2.17. The van der Waals surface area contributed by atoms with Crippen molar-refractivity contribution in [1.29, 1.82) is 0 Å². The van der Waals surface area contributed by atoms with Gasteiger partial charge in [0.1, 0.15) is 5.76 Å². The van der Waals surface area contributed by atoms with E-state index in [9.17, 15) is 4.79 Å². The third-order valence-corrected chi connectivity index (χ3v) is 3.25. The molecule has 102 valence electrons. The standard InChI is InChI=1S/C15H20N2O2/c1-4-7-16-15(18)14-9-11(2)17(12(14)3)10-13-6-5-8-19-13/h5-6,8-9H,4,7,10H2,1-3H3,(H,16,18). The number of amides is 1. The number of carbonyl (C=O) groups excluding carboxylic acids is 1. The van der Waals surface area contributed by atoms with Crippen LogP contribution in [0.2, 0.25) is 0 Å². The topological polar surface area (TPSA) is 47.2 Å². The molecule has 19 heavy (non-hydrogen) atoms. The summed E-state index contributed by atoms with van der Waals surface area (Å²) < 4.78 is 7.46. The quantitative estimate of drug-likeness (QED) is 0.898. The van der Waals surface area contributed by atoms with Gasteiger partial charge in [0.15, 0.2) is 0 Å². The summed E-state index contributed by atoms with van der Waals surface area (Å²) in [5, 5.41) is 2.91. The molecule has 0 aliphatic heterocycles. The maximum atomic E-state index is 12.0. The summed E-state index contributed by atoms with van der Waals surface area (Å²) in [5.41, 5.74) is 2.79. The minimum absolute atomic E-state index is 0.000597. The molecule has 0 saturated carbocycles. The van der Waals surface area contributed by atoms with Crippen LogP contribution in [0.4, 0.5) is 0 Å². The Morgan fingerprint density at radius 1 is 1.42 bits per heavy atom. The molecule has 1 N–H and O–H groups in total. The predicted octanol–water partition coefficient (Wildman–Crippen LogP) is 2.89. The van der Waals surface area contributed by atoms with Crippen molar-refractivity contribution in [1.82, 2.24) is 9.88 Å². The normalized spacial score (nSPS) is 10.7. The van der Waals surface area contributed by atoms with Crippen LogP contribution in [-0.4, -0.2) is 17.0 Å². The van der Waals surface area contributed by atoms with Gasteiger partial charge in [0.05, 0.1) is 18.4 Å². The Kier molecular flexibility index (Phi) is 4.10. The zero-order valence-electron chi connectivity index (χ0n) is 11.7. The lowest BCUT2D eigenvalue weighted by Crippen LogP contribution is -2.24. The number of rotatable bonds is 5.